The lowest BCUT2D eigenvalue weighted by atomic mass is 9.82. The molecule has 1 saturated heterocycles. The molecule has 2 aliphatic rings. The minimum absolute atomic E-state index is 0.0838. The minimum atomic E-state index is -0.101. The zero-order valence-electron chi connectivity index (χ0n) is 19.0. The van der Waals surface area contributed by atoms with Crippen LogP contribution in [-0.2, 0) is 13.5 Å². The quantitative estimate of drug-likeness (QED) is 0.619. The number of hydrogen-bond donors (Lipinski definition) is 0. The third kappa shape index (κ3) is 3.66. The molecule has 0 saturated carbocycles. The minimum Gasteiger partial charge on any atom is -0.339 e. The van der Waals surface area contributed by atoms with E-state index in [9.17, 15) is 9.59 Å². The average molecular weight is 432 g/mol. The first-order valence-electron chi connectivity index (χ1n) is 11.3. The Bertz CT molecular complexity index is 1250. The van der Waals surface area contributed by atoms with Crippen LogP contribution in [-0.4, -0.2) is 45.2 Å². The van der Waals surface area contributed by atoms with Crippen LogP contribution in [0.25, 0.3) is 10.8 Å². The number of nitrogens with zero attached hydrogens (tertiary/aromatic N) is 5. The van der Waals surface area contributed by atoms with Gasteiger partial charge in [-0.25, -0.2) is 9.67 Å². The van der Waals surface area contributed by atoms with Crippen LogP contribution in [0.15, 0.2) is 41.5 Å². The summed E-state index contributed by atoms with van der Waals surface area (Å²) in [5.41, 5.74) is 2.97. The summed E-state index contributed by atoms with van der Waals surface area (Å²) in [5, 5.41) is 5.62. The molecule has 1 aromatic carbocycles. The van der Waals surface area contributed by atoms with Gasteiger partial charge in [0.2, 0.25) is 0 Å². The summed E-state index contributed by atoms with van der Waals surface area (Å²) in [6, 6.07) is 7.84. The predicted molar refractivity (Wildman–Crippen MR) is 125 cm³/mol. The number of pyridine rings is 1. The van der Waals surface area contributed by atoms with E-state index in [-0.39, 0.29) is 11.5 Å². The summed E-state index contributed by atoms with van der Waals surface area (Å²) in [6.07, 6.45) is 7.40. The summed E-state index contributed by atoms with van der Waals surface area (Å²) in [7, 11) is 1.66. The Kier molecular flexibility index (Phi) is 4.99. The Labute approximate surface area is 187 Å². The van der Waals surface area contributed by atoms with E-state index in [0.29, 0.717) is 16.4 Å². The molecule has 0 unspecified atom stereocenters. The molecule has 5 rings (SSSR count). The third-order valence-corrected chi connectivity index (χ3v) is 6.92. The molecule has 0 radical (unpaired) electrons. The van der Waals surface area contributed by atoms with Crippen molar-refractivity contribution in [2.45, 2.75) is 39.5 Å². The second-order valence-corrected chi connectivity index (χ2v) is 9.76. The van der Waals surface area contributed by atoms with Crippen LogP contribution in [0, 0.1) is 5.41 Å². The van der Waals surface area contributed by atoms with Gasteiger partial charge in [0.1, 0.15) is 5.82 Å². The number of rotatable bonds is 2. The van der Waals surface area contributed by atoms with Crippen LogP contribution in [0.5, 0.6) is 0 Å². The van der Waals surface area contributed by atoms with Gasteiger partial charge in [-0.05, 0) is 60.9 Å². The summed E-state index contributed by atoms with van der Waals surface area (Å²) < 4.78 is 1.35. The van der Waals surface area contributed by atoms with Crippen LogP contribution in [0.1, 0.15) is 49.0 Å². The third-order valence-electron chi connectivity index (χ3n) is 6.92. The van der Waals surface area contributed by atoms with E-state index >= 15 is 0 Å². The van der Waals surface area contributed by atoms with Crippen molar-refractivity contribution in [2.24, 2.45) is 12.5 Å². The Morgan fingerprint density at radius 1 is 1.06 bits per heavy atom. The van der Waals surface area contributed by atoms with Gasteiger partial charge in [0.05, 0.1) is 17.1 Å². The van der Waals surface area contributed by atoms with Crippen molar-refractivity contribution in [1.82, 2.24) is 19.7 Å². The van der Waals surface area contributed by atoms with Crippen LogP contribution in [0.2, 0.25) is 0 Å². The summed E-state index contributed by atoms with van der Waals surface area (Å²) in [4.78, 5) is 34.3. The molecule has 3 aromatic rings. The number of carbonyl (C=O) groups excluding carboxylic acids is 1. The SMILES string of the molecule is Cn1ncc2cc(N3CCCc4cc(C(=O)N5CCC(C)(C)CC5)cnc43)ccc2c1=O. The molecule has 0 N–H and O–H groups in total. The van der Waals surface area contributed by atoms with Crippen LogP contribution in [0.4, 0.5) is 11.5 Å². The summed E-state index contributed by atoms with van der Waals surface area (Å²) in [5.74, 6) is 0.976. The number of fused-ring (bicyclic) bond motifs is 2. The maximum atomic E-state index is 13.1. The highest BCUT2D eigenvalue weighted by Gasteiger charge is 2.29. The number of carbonyl (C=O) groups is 1. The maximum absolute atomic E-state index is 13.1. The molecule has 0 bridgehead atoms. The highest BCUT2D eigenvalue weighted by molar-refractivity contribution is 5.94. The van der Waals surface area contributed by atoms with Gasteiger partial charge in [-0.2, -0.15) is 5.10 Å². The first-order valence-corrected chi connectivity index (χ1v) is 11.3. The Balaban J connectivity index is 1.43. The van der Waals surface area contributed by atoms with Crippen LogP contribution in [0.3, 0.4) is 0 Å². The first-order chi connectivity index (χ1) is 15.3. The molecular weight excluding hydrogens is 402 g/mol. The zero-order valence-corrected chi connectivity index (χ0v) is 19.0. The largest absolute Gasteiger partial charge is 0.339 e. The fourth-order valence-electron chi connectivity index (χ4n) is 4.72. The van der Waals surface area contributed by atoms with Gasteiger partial charge in [-0.1, -0.05) is 13.8 Å². The highest BCUT2D eigenvalue weighted by Crippen LogP contribution is 2.34. The molecule has 7 nitrogen and oxygen atoms in total. The molecule has 2 aliphatic heterocycles. The number of likely N-dealkylation sites (tertiary alicyclic amines) is 1. The molecule has 32 heavy (non-hydrogen) atoms. The lowest BCUT2D eigenvalue weighted by molar-refractivity contribution is 0.0630. The molecule has 1 fully saturated rings. The van der Waals surface area contributed by atoms with Gasteiger partial charge in [0.15, 0.2) is 0 Å². The van der Waals surface area contributed by atoms with Gasteiger partial charge in [0.25, 0.3) is 11.5 Å². The van der Waals surface area contributed by atoms with Crippen molar-refractivity contribution in [2.75, 3.05) is 24.5 Å². The number of aromatic nitrogens is 3. The van der Waals surface area contributed by atoms with E-state index in [2.05, 4.69) is 23.8 Å². The van der Waals surface area contributed by atoms with Crippen molar-refractivity contribution < 1.29 is 4.79 Å². The molecule has 1 amide bonds. The fourth-order valence-corrected chi connectivity index (χ4v) is 4.72. The number of hydrogen-bond acceptors (Lipinski definition) is 5. The van der Waals surface area contributed by atoms with Crippen LogP contribution >= 0.6 is 0 Å². The molecule has 4 heterocycles. The lowest BCUT2D eigenvalue weighted by Crippen LogP contribution is -2.41. The van der Waals surface area contributed by atoms with Gasteiger partial charge in [-0.15, -0.1) is 0 Å². The van der Waals surface area contributed by atoms with Gasteiger partial charge in [0, 0.05) is 44.0 Å². The van der Waals surface area contributed by atoms with Crippen molar-refractivity contribution in [3.05, 3.63) is 58.1 Å². The number of anilines is 2. The lowest BCUT2D eigenvalue weighted by Gasteiger charge is -2.37. The number of piperidine rings is 1. The van der Waals surface area contributed by atoms with Gasteiger partial charge in [-0.3, -0.25) is 9.59 Å². The zero-order chi connectivity index (χ0) is 22.5. The van der Waals surface area contributed by atoms with Crippen molar-refractivity contribution in [3.8, 4) is 0 Å². The molecular formula is C25H29N5O2. The molecule has 166 valence electrons. The van der Waals surface area contributed by atoms with Crippen LogP contribution < -0.4 is 10.5 Å². The van der Waals surface area contributed by atoms with Crippen molar-refractivity contribution >= 4 is 28.2 Å². The Morgan fingerprint density at radius 3 is 2.62 bits per heavy atom. The second-order valence-electron chi connectivity index (χ2n) is 9.76. The topological polar surface area (TPSA) is 71.3 Å². The smallest absolute Gasteiger partial charge is 0.274 e. The van der Waals surface area contributed by atoms with Crippen molar-refractivity contribution in [3.63, 3.8) is 0 Å². The monoisotopic (exact) mass is 431 g/mol. The standard InChI is InChI=1S/C25H29N5O2/c1-25(2)8-11-29(12-9-25)23(31)19-13-17-5-4-10-30(22(17)26-15-19)20-6-7-21-18(14-20)16-27-28(3)24(21)32/h6-7,13-16H,4-5,8-12H2,1-3H3. The first kappa shape index (κ1) is 20.7. The number of benzene rings is 1. The van der Waals surface area contributed by atoms with Gasteiger partial charge < -0.3 is 9.80 Å². The molecule has 0 spiro atoms. The van der Waals surface area contributed by atoms with E-state index < -0.39 is 0 Å². The van der Waals surface area contributed by atoms with E-state index in [4.69, 9.17) is 4.98 Å². The normalized spacial score (nSPS) is 18.0. The fraction of sp³-hybridized carbons (Fsp3) is 0.440. The van der Waals surface area contributed by atoms with E-state index in [0.717, 1.165) is 67.8 Å². The number of aryl methyl sites for hydroxylation is 2. The second kappa shape index (κ2) is 7.73. The van der Waals surface area contributed by atoms with Crippen molar-refractivity contribution in [1.29, 1.82) is 0 Å². The highest BCUT2D eigenvalue weighted by atomic mass is 16.2. The summed E-state index contributed by atoms with van der Waals surface area (Å²) >= 11 is 0. The Morgan fingerprint density at radius 2 is 1.84 bits per heavy atom. The van der Waals surface area contributed by atoms with E-state index in [1.807, 2.05) is 29.2 Å². The molecule has 0 atom stereocenters. The maximum Gasteiger partial charge on any atom is 0.274 e. The summed E-state index contributed by atoms with van der Waals surface area (Å²) in [6.45, 7) is 6.99. The van der Waals surface area contributed by atoms with E-state index in [1.165, 1.54) is 4.68 Å². The molecule has 0 aliphatic carbocycles. The Hall–Kier alpha value is -3.22. The molecule has 7 heteroatoms. The van der Waals surface area contributed by atoms with Gasteiger partial charge >= 0.3 is 0 Å². The predicted octanol–water partition coefficient (Wildman–Crippen LogP) is 3.68. The average Bonchev–Trinajstić information content (AvgIpc) is 2.80. The number of amides is 1. The van der Waals surface area contributed by atoms with E-state index in [1.54, 1.807) is 19.4 Å². The molecule has 2 aromatic heterocycles.